The standard InChI is InChI=1S/C24BF20.C12H10N2O2/c26-5-1(6(27)14(35)21(42)13(5)34)25(2-7(28)15(36)22(43)16(37)8(2)29,3-9(30)17(38)23(44)18(39)10(3)31)4-11(32)19(40)24(45)20(41)12(4)33;15-11-4-2-1-3-10(11)12(16)9-14-7-5-13-6-8-14/h;1-8H,9H2/q-1;/p+1. The van der Waals surface area contributed by atoms with Gasteiger partial charge in [-0.1, -0.05) is 12.1 Å². The van der Waals surface area contributed by atoms with E-state index < -0.39 is 144 Å². The number of carbonyl (C=O) groups excluding carboxylic acids is 1. The van der Waals surface area contributed by atoms with Crippen LogP contribution in [0.1, 0.15) is 10.4 Å². The number of nitrogens with zero attached hydrogens (tertiary/aromatic N) is 2. The van der Waals surface area contributed by atoms with Gasteiger partial charge >= 0.3 is 0 Å². The molecule has 61 heavy (non-hydrogen) atoms. The number of para-hydroxylation sites is 1. The number of hydrogen-bond acceptors (Lipinski definition) is 3. The van der Waals surface area contributed by atoms with Crippen LogP contribution in [0.25, 0.3) is 0 Å². The van der Waals surface area contributed by atoms with E-state index in [1.165, 1.54) is 6.07 Å². The normalized spacial score (nSPS) is 11.5. The maximum atomic E-state index is 15.4. The van der Waals surface area contributed by atoms with Crippen LogP contribution in [0.2, 0.25) is 0 Å². The lowest BCUT2D eigenvalue weighted by Gasteiger charge is -2.44. The number of phenols is 1. The van der Waals surface area contributed by atoms with Gasteiger partial charge in [0.2, 0.25) is 12.3 Å². The fourth-order valence-corrected chi connectivity index (χ4v) is 6.29. The average molecular weight is 894 g/mol. The van der Waals surface area contributed by atoms with Crippen LogP contribution in [0.5, 0.6) is 5.75 Å². The third kappa shape index (κ3) is 7.13. The largest absolute Gasteiger partial charge is 0.507 e. The average Bonchev–Trinajstić information content (AvgIpc) is 3.24. The van der Waals surface area contributed by atoms with Gasteiger partial charge in [-0.3, -0.25) is 9.78 Å². The van der Waals surface area contributed by atoms with Crippen LogP contribution in [0.3, 0.4) is 0 Å². The highest BCUT2D eigenvalue weighted by molar-refractivity contribution is 7.20. The number of Topliss-reactive ketones (excluding diaryl/α,β-unsaturated/α-hetero) is 1. The predicted molar refractivity (Wildman–Crippen MR) is 166 cm³/mol. The van der Waals surface area contributed by atoms with Crippen molar-refractivity contribution in [3.8, 4) is 5.75 Å². The molecule has 0 aliphatic carbocycles. The summed E-state index contributed by atoms with van der Waals surface area (Å²) in [7, 11) is 0. The Labute approximate surface area is 324 Å². The third-order valence-electron chi connectivity index (χ3n) is 8.93. The van der Waals surface area contributed by atoms with Gasteiger partial charge < -0.3 is 5.11 Å². The first kappa shape index (κ1) is 45.4. The Hall–Kier alpha value is -6.69. The molecule has 0 saturated heterocycles. The van der Waals surface area contributed by atoms with E-state index in [1.807, 2.05) is 0 Å². The van der Waals surface area contributed by atoms with E-state index in [9.17, 15) is 62.6 Å². The van der Waals surface area contributed by atoms with E-state index in [-0.39, 0.29) is 18.1 Å². The molecule has 4 nitrogen and oxygen atoms in total. The van der Waals surface area contributed by atoms with Crippen LogP contribution < -0.4 is 26.4 Å². The first-order chi connectivity index (χ1) is 28.5. The summed E-state index contributed by atoms with van der Waals surface area (Å²) in [4.78, 5) is 15.7. The molecule has 1 aromatic heterocycles. The third-order valence-corrected chi connectivity index (χ3v) is 8.93. The molecule has 0 spiro atoms. The summed E-state index contributed by atoms with van der Waals surface area (Å²) in [5.41, 5.74) is -14.0. The number of rotatable bonds is 7. The maximum absolute atomic E-state index is 15.4. The molecule has 0 saturated carbocycles. The van der Waals surface area contributed by atoms with Gasteiger partial charge in [-0.05, 0) is 12.1 Å². The molecule has 1 heterocycles. The highest BCUT2D eigenvalue weighted by Crippen LogP contribution is 2.31. The summed E-state index contributed by atoms with van der Waals surface area (Å²) in [6.45, 7) is 0.195. The lowest BCUT2D eigenvalue weighted by molar-refractivity contribution is -0.683. The number of ketones is 1. The number of hydrogen-bond donors (Lipinski definition) is 1. The van der Waals surface area contributed by atoms with Crippen molar-refractivity contribution in [1.82, 2.24) is 4.98 Å². The molecule has 0 fully saturated rings. The van der Waals surface area contributed by atoms with E-state index in [4.69, 9.17) is 0 Å². The number of aromatic hydroxyl groups is 1. The minimum atomic E-state index is -7.22. The van der Waals surface area contributed by atoms with Gasteiger partial charge in [0.05, 0.1) is 18.0 Å². The fourth-order valence-electron chi connectivity index (χ4n) is 6.29. The van der Waals surface area contributed by atoms with Crippen molar-refractivity contribution in [2.75, 3.05) is 0 Å². The zero-order chi connectivity index (χ0) is 45.7. The van der Waals surface area contributed by atoms with Crippen LogP contribution in [-0.2, 0) is 6.54 Å². The Balaban J connectivity index is 0.000000366. The fraction of sp³-hybridized carbons (Fsp3) is 0.0278. The van der Waals surface area contributed by atoms with Gasteiger partial charge in [0.1, 0.15) is 58.4 Å². The molecule has 0 amide bonds. The molecule has 0 bridgehead atoms. The van der Waals surface area contributed by atoms with Crippen LogP contribution >= 0.6 is 0 Å². The smallest absolute Gasteiger partial charge is 0.231 e. The first-order valence-corrected chi connectivity index (χ1v) is 15.8. The molecule has 0 radical (unpaired) electrons. The summed E-state index contributed by atoms with van der Waals surface area (Å²) in [5.74, 6) is -71.5. The Kier molecular flexibility index (Phi) is 12.5. The second kappa shape index (κ2) is 16.8. The Morgan fingerprint density at radius 3 is 0.934 bits per heavy atom. The van der Waals surface area contributed by atoms with Gasteiger partial charge in [0.25, 0.3) is 0 Å². The highest BCUT2D eigenvalue weighted by atomic mass is 19.2. The lowest BCUT2D eigenvalue weighted by atomic mass is 9.12. The SMILES string of the molecule is Fc1c(F)c(F)c([B-](c2c(F)c(F)c(F)c(F)c2F)(c2c(F)c(F)c(F)c(F)c2F)c2c(F)c(F)c(F)c(F)c2F)c(F)c1F.O=C(C[n+]1ccncc1)c1ccccc1O. The summed E-state index contributed by atoms with van der Waals surface area (Å²) in [6, 6.07) is 6.53. The van der Waals surface area contributed by atoms with Crippen molar-refractivity contribution in [2.45, 2.75) is 6.54 Å². The monoisotopic (exact) mass is 894 g/mol. The van der Waals surface area contributed by atoms with E-state index in [1.54, 1.807) is 47.6 Å². The van der Waals surface area contributed by atoms with Crippen LogP contribution in [-0.4, -0.2) is 22.0 Å². The van der Waals surface area contributed by atoms with Crippen molar-refractivity contribution in [2.24, 2.45) is 0 Å². The summed E-state index contributed by atoms with van der Waals surface area (Å²) >= 11 is 0. The summed E-state index contributed by atoms with van der Waals surface area (Å²) in [6.07, 6.45) is -0.586. The van der Waals surface area contributed by atoms with Crippen molar-refractivity contribution >= 4 is 33.8 Å². The van der Waals surface area contributed by atoms with E-state index >= 15 is 35.1 Å². The molecule has 0 unspecified atom stereocenters. The number of halogens is 20. The number of phenolic OH excluding ortho intramolecular Hbond substituents is 1. The summed E-state index contributed by atoms with van der Waals surface area (Å²) in [5, 5.41) is 9.52. The number of benzene rings is 5. The van der Waals surface area contributed by atoms with Gasteiger partial charge in [0.15, 0.2) is 82.2 Å². The minimum Gasteiger partial charge on any atom is -0.507 e. The van der Waals surface area contributed by atoms with E-state index in [0.717, 1.165) is 0 Å². The second-order valence-electron chi connectivity index (χ2n) is 12.2. The molecule has 0 aliphatic rings. The molecule has 1 N–H and O–H groups in total. The van der Waals surface area contributed by atoms with Gasteiger partial charge in [-0.25, -0.2) is 87.8 Å². The molecular formula is C36H11BF20N2O2. The van der Waals surface area contributed by atoms with E-state index in [0.29, 0.717) is 5.56 Å². The van der Waals surface area contributed by atoms with Crippen molar-refractivity contribution in [3.05, 3.63) is 171 Å². The number of aromatic nitrogens is 2. The zero-order valence-electron chi connectivity index (χ0n) is 28.7. The van der Waals surface area contributed by atoms with Crippen molar-refractivity contribution in [1.29, 1.82) is 0 Å². The minimum absolute atomic E-state index is 0.0159. The molecule has 25 heteroatoms. The molecule has 5 aromatic carbocycles. The van der Waals surface area contributed by atoms with Crippen LogP contribution in [0.4, 0.5) is 87.8 Å². The quantitative estimate of drug-likeness (QED) is 0.0480. The van der Waals surface area contributed by atoms with Crippen LogP contribution in [0.15, 0.2) is 49.1 Å². The van der Waals surface area contributed by atoms with Gasteiger partial charge in [-0.2, -0.15) is 4.57 Å². The molecule has 320 valence electrons. The Morgan fingerprint density at radius 2 is 0.672 bits per heavy atom. The van der Waals surface area contributed by atoms with Gasteiger partial charge in [-0.15, -0.1) is 21.9 Å². The van der Waals surface area contributed by atoms with Crippen molar-refractivity contribution in [3.63, 3.8) is 0 Å². The Morgan fingerprint density at radius 1 is 0.426 bits per heavy atom. The molecule has 6 aromatic rings. The lowest BCUT2D eigenvalue weighted by Crippen LogP contribution is -2.81. The summed E-state index contributed by atoms with van der Waals surface area (Å²) < 4.78 is 296. The maximum Gasteiger partial charge on any atom is 0.231 e. The van der Waals surface area contributed by atoms with Crippen molar-refractivity contribution < 1.29 is 102 Å². The number of carbonyl (C=O) groups is 1. The topological polar surface area (TPSA) is 54.1 Å². The van der Waals surface area contributed by atoms with E-state index in [2.05, 4.69) is 4.98 Å². The zero-order valence-corrected chi connectivity index (χ0v) is 28.7. The highest BCUT2D eigenvalue weighted by Gasteiger charge is 2.52. The molecule has 0 atom stereocenters. The second-order valence-corrected chi connectivity index (χ2v) is 12.2. The van der Waals surface area contributed by atoms with Gasteiger partial charge in [0, 0.05) is 0 Å². The molecule has 0 aliphatic heterocycles. The molecular weight excluding hydrogens is 883 g/mol. The van der Waals surface area contributed by atoms with Crippen LogP contribution in [0, 0.1) is 116 Å². The predicted octanol–water partition coefficient (Wildman–Crippen LogP) is 6.80. The Bertz CT molecular complexity index is 2390. The first-order valence-electron chi connectivity index (χ1n) is 15.8. The molecule has 6 rings (SSSR count).